The maximum atomic E-state index is 12.8. The number of alkyl halides is 3. The van der Waals surface area contributed by atoms with E-state index in [9.17, 15) is 18.3 Å². The highest BCUT2D eigenvalue weighted by molar-refractivity contribution is 5.96. The molecule has 0 atom stereocenters. The summed E-state index contributed by atoms with van der Waals surface area (Å²) in [6.45, 7) is 1.63. The molecule has 2 aliphatic heterocycles. The maximum absolute atomic E-state index is 12.8. The Morgan fingerprint density at radius 2 is 1.78 bits per heavy atom. The zero-order chi connectivity index (χ0) is 22.5. The topological polar surface area (TPSA) is 85.2 Å². The summed E-state index contributed by atoms with van der Waals surface area (Å²) < 4.78 is 43.5. The van der Waals surface area contributed by atoms with Crippen molar-refractivity contribution in [3.63, 3.8) is 0 Å². The summed E-state index contributed by atoms with van der Waals surface area (Å²) in [4.78, 5) is 9.70. The molecule has 0 radical (unpaired) electrons. The Balaban J connectivity index is 1.31. The van der Waals surface area contributed by atoms with E-state index in [1.807, 2.05) is 29.2 Å². The molecule has 0 amide bonds. The first kappa shape index (κ1) is 20.7. The standard InChI is InChI=1S/C23H21F3N4O2/c24-23(25,26)17-7-3-15(4-8-17)21-28-18-9-10-30(11-19(18)29-21)20(27)14-1-5-16(6-2-14)22(31)12-32-13-22/h1-8,27,31H,9-13H2,(H,28,29). The predicted molar refractivity (Wildman–Crippen MR) is 111 cm³/mol. The number of hydrogen-bond acceptors (Lipinski definition) is 4. The number of ether oxygens (including phenoxy) is 1. The molecule has 0 spiro atoms. The third-order valence-electron chi connectivity index (χ3n) is 6.01. The first-order valence-corrected chi connectivity index (χ1v) is 10.2. The molecule has 6 nitrogen and oxygen atoms in total. The van der Waals surface area contributed by atoms with Crippen LogP contribution < -0.4 is 0 Å². The van der Waals surface area contributed by atoms with Crippen molar-refractivity contribution in [1.82, 2.24) is 14.9 Å². The largest absolute Gasteiger partial charge is 0.416 e. The Morgan fingerprint density at radius 3 is 2.38 bits per heavy atom. The molecule has 3 N–H and O–H groups in total. The summed E-state index contributed by atoms with van der Waals surface area (Å²) in [6, 6.07) is 12.2. The maximum Gasteiger partial charge on any atom is 0.416 e. The van der Waals surface area contributed by atoms with Gasteiger partial charge in [0, 0.05) is 24.1 Å². The van der Waals surface area contributed by atoms with Crippen LogP contribution in [0.2, 0.25) is 0 Å². The van der Waals surface area contributed by atoms with Crippen molar-refractivity contribution in [3.05, 3.63) is 76.6 Å². The molecule has 0 saturated carbocycles. The second-order valence-electron chi connectivity index (χ2n) is 8.21. The summed E-state index contributed by atoms with van der Waals surface area (Å²) >= 11 is 0. The zero-order valence-corrected chi connectivity index (χ0v) is 17.0. The number of nitrogens with zero attached hydrogens (tertiary/aromatic N) is 2. The summed E-state index contributed by atoms with van der Waals surface area (Å²) in [5.74, 6) is 0.891. The van der Waals surface area contributed by atoms with E-state index in [0.29, 0.717) is 36.7 Å². The van der Waals surface area contributed by atoms with Crippen LogP contribution in [0, 0.1) is 5.41 Å². The number of aromatic nitrogens is 2. The Kier molecular flexibility index (Phi) is 4.83. The molecule has 1 fully saturated rings. The first-order valence-electron chi connectivity index (χ1n) is 10.2. The van der Waals surface area contributed by atoms with E-state index in [1.54, 1.807) is 0 Å². The number of aromatic amines is 1. The lowest BCUT2D eigenvalue weighted by Crippen LogP contribution is -2.46. The van der Waals surface area contributed by atoms with Gasteiger partial charge in [-0.15, -0.1) is 0 Å². The lowest BCUT2D eigenvalue weighted by atomic mass is 9.91. The van der Waals surface area contributed by atoms with Crippen molar-refractivity contribution in [1.29, 1.82) is 5.41 Å². The molecule has 5 rings (SSSR count). The number of rotatable bonds is 3. The minimum absolute atomic E-state index is 0.278. The van der Waals surface area contributed by atoms with Crippen molar-refractivity contribution in [2.24, 2.45) is 0 Å². The lowest BCUT2D eigenvalue weighted by molar-refractivity contribution is -0.184. The molecule has 166 valence electrons. The Hall–Kier alpha value is -3.17. The van der Waals surface area contributed by atoms with Crippen molar-refractivity contribution < 1.29 is 23.0 Å². The van der Waals surface area contributed by atoms with Gasteiger partial charge in [0.2, 0.25) is 0 Å². The third kappa shape index (κ3) is 3.67. The van der Waals surface area contributed by atoms with Crippen LogP contribution in [0.1, 0.15) is 28.1 Å². The number of fused-ring (bicyclic) bond motifs is 1. The van der Waals surface area contributed by atoms with Gasteiger partial charge in [0.1, 0.15) is 17.3 Å². The van der Waals surface area contributed by atoms with Crippen LogP contribution in [-0.4, -0.2) is 45.6 Å². The molecule has 3 aromatic rings. The summed E-state index contributed by atoms with van der Waals surface area (Å²) in [6.07, 6.45) is -3.74. The van der Waals surface area contributed by atoms with Crippen molar-refractivity contribution in [2.75, 3.05) is 19.8 Å². The number of nitrogens with one attached hydrogen (secondary N) is 2. The summed E-state index contributed by atoms with van der Waals surface area (Å²) in [5.41, 5.74) is 2.19. The van der Waals surface area contributed by atoms with E-state index in [-0.39, 0.29) is 13.2 Å². The fourth-order valence-electron chi connectivity index (χ4n) is 4.02. The number of amidine groups is 1. The van der Waals surface area contributed by atoms with Gasteiger partial charge in [-0.25, -0.2) is 4.98 Å². The molecule has 0 unspecified atom stereocenters. The molecule has 32 heavy (non-hydrogen) atoms. The normalized spacial score (nSPS) is 17.6. The second kappa shape index (κ2) is 7.46. The number of hydrogen-bond donors (Lipinski definition) is 3. The number of benzene rings is 2. The van der Waals surface area contributed by atoms with E-state index in [0.717, 1.165) is 34.6 Å². The van der Waals surface area contributed by atoms with Crippen molar-refractivity contribution >= 4 is 5.84 Å². The van der Waals surface area contributed by atoms with E-state index >= 15 is 0 Å². The fraction of sp³-hybridized carbons (Fsp3) is 0.304. The van der Waals surface area contributed by atoms with Crippen LogP contribution in [0.25, 0.3) is 11.4 Å². The third-order valence-corrected chi connectivity index (χ3v) is 6.01. The van der Waals surface area contributed by atoms with Crippen LogP contribution >= 0.6 is 0 Å². The van der Waals surface area contributed by atoms with Crippen molar-refractivity contribution in [2.45, 2.75) is 24.7 Å². The first-order chi connectivity index (χ1) is 15.2. The SMILES string of the molecule is N=C(c1ccc(C2(O)COC2)cc1)N1CCc2nc(-c3ccc(C(F)(F)F)cc3)[nH]c2C1. The van der Waals surface area contributed by atoms with E-state index in [2.05, 4.69) is 9.97 Å². The Labute approximate surface area is 182 Å². The Morgan fingerprint density at radius 1 is 1.09 bits per heavy atom. The zero-order valence-electron chi connectivity index (χ0n) is 17.0. The van der Waals surface area contributed by atoms with Crippen LogP contribution in [0.3, 0.4) is 0 Å². The minimum atomic E-state index is -4.37. The molecule has 9 heteroatoms. The molecule has 1 saturated heterocycles. The Bertz CT molecular complexity index is 1150. The molecule has 2 aromatic carbocycles. The fourth-order valence-corrected chi connectivity index (χ4v) is 4.02. The molecule has 2 aliphatic rings. The van der Waals surface area contributed by atoms with Crippen LogP contribution in [0.4, 0.5) is 13.2 Å². The van der Waals surface area contributed by atoms with Crippen LogP contribution in [0.15, 0.2) is 48.5 Å². The van der Waals surface area contributed by atoms with Crippen molar-refractivity contribution in [3.8, 4) is 11.4 Å². The average Bonchev–Trinajstić information content (AvgIpc) is 3.20. The number of aliphatic hydroxyl groups is 1. The molecule has 0 bridgehead atoms. The molecule has 1 aromatic heterocycles. The van der Waals surface area contributed by atoms with Gasteiger partial charge in [-0.05, 0) is 17.7 Å². The minimum Gasteiger partial charge on any atom is -0.380 e. The molecule has 3 heterocycles. The highest BCUT2D eigenvalue weighted by atomic mass is 19.4. The average molecular weight is 442 g/mol. The lowest BCUT2D eigenvalue weighted by Gasteiger charge is -2.36. The quantitative estimate of drug-likeness (QED) is 0.427. The van der Waals surface area contributed by atoms with Gasteiger partial charge >= 0.3 is 6.18 Å². The monoisotopic (exact) mass is 442 g/mol. The molecular formula is C23H21F3N4O2. The smallest absolute Gasteiger partial charge is 0.380 e. The van der Waals surface area contributed by atoms with E-state index < -0.39 is 17.3 Å². The van der Waals surface area contributed by atoms with Gasteiger partial charge in [-0.2, -0.15) is 13.2 Å². The number of H-pyrrole nitrogens is 1. The van der Waals surface area contributed by atoms with Gasteiger partial charge in [0.15, 0.2) is 0 Å². The molecule has 0 aliphatic carbocycles. The van der Waals surface area contributed by atoms with E-state index in [4.69, 9.17) is 10.1 Å². The van der Waals surface area contributed by atoms with Gasteiger partial charge in [0.05, 0.1) is 36.7 Å². The number of imidazole rings is 1. The predicted octanol–water partition coefficient (Wildman–Crippen LogP) is 3.70. The highest BCUT2D eigenvalue weighted by Crippen LogP contribution is 2.32. The number of halogens is 3. The van der Waals surface area contributed by atoms with Gasteiger partial charge < -0.3 is 19.7 Å². The van der Waals surface area contributed by atoms with Crippen LogP contribution in [-0.2, 0) is 29.5 Å². The second-order valence-corrected chi connectivity index (χ2v) is 8.21. The van der Waals surface area contributed by atoms with Gasteiger partial charge in [-0.3, -0.25) is 5.41 Å². The van der Waals surface area contributed by atoms with Gasteiger partial charge in [-0.1, -0.05) is 36.4 Å². The van der Waals surface area contributed by atoms with Gasteiger partial charge in [0.25, 0.3) is 0 Å². The van der Waals surface area contributed by atoms with Crippen LogP contribution in [0.5, 0.6) is 0 Å². The summed E-state index contributed by atoms with van der Waals surface area (Å²) in [7, 11) is 0. The molecular weight excluding hydrogens is 421 g/mol. The van der Waals surface area contributed by atoms with E-state index in [1.165, 1.54) is 12.1 Å². The highest BCUT2D eigenvalue weighted by Gasteiger charge is 2.38. The summed E-state index contributed by atoms with van der Waals surface area (Å²) in [5, 5.41) is 19.0.